The second-order valence-electron chi connectivity index (χ2n) is 5.00. The number of likely N-dealkylation sites (tertiary alicyclic amines) is 1. The summed E-state index contributed by atoms with van der Waals surface area (Å²) in [6, 6.07) is 3.13. The van der Waals surface area contributed by atoms with Crippen LogP contribution in [-0.4, -0.2) is 39.5 Å². The van der Waals surface area contributed by atoms with E-state index in [0.717, 1.165) is 18.7 Å². The summed E-state index contributed by atoms with van der Waals surface area (Å²) >= 11 is 5.83. The lowest BCUT2D eigenvalue weighted by Crippen LogP contribution is -2.39. The van der Waals surface area contributed by atoms with E-state index in [4.69, 9.17) is 11.6 Å². The zero-order chi connectivity index (χ0) is 14.2. The zero-order valence-corrected chi connectivity index (χ0v) is 12.3. The fourth-order valence-electron chi connectivity index (χ4n) is 2.31. The van der Waals surface area contributed by atoms with E-state index < -0.39 is 15.8 Å². The molecule has 0 amide bonds. The summed E-state index contributed by atoms with van der Waals surface area (Å²) in [6.45, 7) is 3.43. The van der Waals surface area contributed by atoms with Gasteiger partial charge < -0.3 is 4.90 Å². The molecule has 0 bridgehead atoms. The summed E-state index contributed by atoms with van der Waals surface area (Å²) in [5, 5.41) is 0.0212. The van der Waals surface area contributed by atoms with Gasteiger partial charge in [-0.1, -0.05) is 18.5 Å². The van der Waals surface area contributed by atoms with E-state index in [-0.39, 0.29) is 21.9 Å². The average molecular weight is 307 g/mol. The number of sulfonamides is 1. The number of hydrogen-bond donors (Lipinski definition) is 1. The molecule has 19 heavy (non-hydrogen) atoms. The summed E-state index contributed by atoms with van der Waals surface area (Å²) in [7, 11) is -1.87. The minimum atomic E-state index is -3.80. The Balaban J connectivity index is 2.26. The monoisotopic (exact) mass is 306 g/mol. The molecule has 2 rings (SSSR count). The Hall–Kier alpha value is -0.690. The first-order valence-electron chi connectivity index (χ1n) is 5.95. The molecule has 0 spiro atoms. The Morgan fingerprint density at radius 3 is 2.68 bits per heavy atom. The summed E-state index contributed by atoms with van der Waals surface area (Å²) in [5.41, 5.74) is 0. The molecule has 0 unspecified atom stereocenters. The van der Waals surface area contributed by atoms with Gasteiger partial charge in [0.1, 0.15) is 10.7 Å². The molecular weight excluding hydrogens is 291 g/mol. The second-order valence-corrected chi connectivity index (χ2v) is 7.09. The zero-order valence-electron chi connectivity index (χ0n) is 10.7. The van der Waals surface area contributed by atoms with E-state index in [1.165, 1.54) is 6.07 Å². The van der Waals surface area contributed by atoms with Crippen LogP contribution in [0.3, 0.4) is 0 Å². The van der Waals surface area contributed by atoms with Gasteiger partial charge in [0.2, 0.25) is 10.0 Å². The van der Waals surface area contributed by atoms with E-state index in [9.17, 15) is 12.8 Å². The highest BCUT2D eigenvalue weighted by Crippen LogP contribution is 2.24. The van der Waals surface area contributed by atoms with Gasteiger partial charge in [0.25, 0.3) is 0 Å². The minimum Gasteiger partial charge on any atom is -0.304 e. The highest BCUT2D eigenvalue weighted by atomic mass is 35.5. The number of hydrogen-bond acceptors (Lipinski definition) is 3. The van der Waals surface area contributed by atoms with Crippen LogP contribution in [0.5, 0.6) is 0 Å². The maximum absolute atomic E-state index is 13.2. The largest absolute Gasteiger partial charge is 0.304 e. The average Bonchev–Trinajstić information content (AvgIpc) is 2.60. The quantitative estimate of drug-likeness (QED) is 0.925. The SMILES string of the molecule is C[C@H]1CN(C)C[C@H]1NS(=O)(=O)c1cc(F)ccc1Cl. The molecule has 1 saturated heterocycles. The molecule has 1 aromatic carbocycles. The predicted molar refractivity (Wildman–Crippen MR) is 72.2 cm³/mol. The smallest absolute Gasteiger partial charge is 0.242 e. The first-order chi connectivity index (χ1) is 8.79. The highest BCUT2D eigenvalue weighted by molar-refractivity contribution is 7.89. The Bertz CT molecular complexity index is 579. The van der Waals surface area contributed by atoms with Crippen molar-refractivity contribution in [3.8, 4) is 0 Å². The van der Waals surface area contributed by atoms with Gasteiger partial charge in [-0.2, -0.15) is 0 Å². The Morgan fingerprint density at radius 2 is 2.11 bits per heavy atom. The Kier molecular flexibility index (Phi) is 4.15. The van der Waals surface area contributed by atoms with Gasteiger partial charge in [0.15, 0.2) is 0 Å². The number of halogens is 2. The van der Waals surface area contributed by atoms with Crippen LogP contribution in [0.2, 0.25) is 5.02 Å². The molecule has 1 N–H and O–H groups in total. The number of nitrogens with one attached hydrogen (secondary N) is 1. The first kappa shape index (κ1) is 14.7. The predicted octanol–water partition coefficient (Wildman–Crippen LogP) is 1.71. The van der Waals surface area contributed by atoms with Crippen molar-refractivity contribution in [1.29, 1.82) is 0 Å². The fraction of sp³-hybridized carbons (Fsp3) is 0.500. The molecule has 1 heterocycles. The molecule has 106 valence electrons. The van der Waals surface area contributed by atoms with Crippen molar-refractivity contribution in [3.63, 3.8) is 0 Å². The second kappa shape index (κ2) is 5.36. The van der Waals surface area contributed by atoms with Gasteiger partial charge in [0, 0.05) is 19.1 Å². The number of rotatable bonds is 3. The fourth-order valence-corrected chi connectivity index (χ4v) is 4.16. The summed E-state index contributed by atoms with van der Waals surface area (Å²) in [6.07, 6.45) is 0. The van der Waals surface area contributed by atoms with E-state index in [1.807, 2.05) is 18.9 Å². The van der Waals surface area contributed by atoms with Crippen molar-refractivity contribution < 1.29 is 12.8 Å². The number of benzene rings is 1. The van der Waals surface area contributed by atoms with Crippen molar-refractivity contribution in [2.45, 2.75) is 17.9 Å². The van der Waals surface area contributed by atoms with Gasteiger partial charge in [-0.05, 0) is 31.2 Å². The maximum Gasteiger partial charge on any atom is 0.242 e. The molecule has 0 aromatic heterocycles. The maximum atomic E-state index is 13.2. The van der Waals surface area contributed by atoms with E-state index in [2.05, 4.69) is 4.72 Å². The van der Waals surface area contributed by atoms with Crippen molar-refractivity contribution in [3.05, 3.63) is 29.0 Å². The Morgan fingerprint density at radius 1 is 1.42 bits per heavy atom. The van der Waals surface area contributed by atoms with Crippen LogP contribution in [-0.2, 0) is 10.0 Å². The summed E-state index contributed by atoms with van der Waals surface area (Å²) < 4.78 is 40.2. The highest BCUT2D eigenvalue weighted by Gasteiger charge is 2.32. The third-order valence-corrected chi connectivity index (χ3v) is 5.26. The van der Waals surface area contributed by atoms with Crippen molar-refractivity contribution in [2.75, 3.05) is 20.1 Å². The lowest BCUT2D eigenvalue weighted by molar-refractivity contribution is 0.400. The van der Waals surface area contributed by atoms with Gasteiger partial charge in [0.05, 0.1) is 5.02 Å². The van der Waals surface area contributed by atoms with Gasteiger partial charge in [-0.3, -0.25) is 0 Å². The van der Waals surface area contributed by atoms with Crippen LogP contribution in [0.25, 0.3) is 0 Å². The van der Waals surface area contributed by atoms with Crippen LogP contribution in [0.15, 0.2) is 23.1 Å². The Labute approximate surface area is 117 Å². The minimum absolute atomic E-state index is 0.0212. The van der Waals surface area contributed by atoms with Crippen LogP contribution >= 0.6 is 11.6 Å². The van der Waals surface area contributed by atoms with Crippen LogP contribution < -0.4 is 4.72 Å². The summed E-state index contributed by atoms with van der Waals surface area (Å²) in [4.78, 5) is 1.83. The number of nitrogens with zero attached hydrogens (tertiary/aromatic N) is 1. The molecule has 1 aromatic rings. The molecule has 0 saturated carbocycles. The third kappa shape index (κ3) is 3.25. The first-order valence-corrected chi connectivity index (χ1v) is 7.81. The van der Waals surface area contributed by atoms with Crippen LogP contribution in [0.1, 0.15) is 6.92 Å². The molecule has 0 aliphatic carbocycles. The molecule has 4 nitrogen and oxygen atoms in total. The van der Waals surface area contributed by atoms with Crippen LogP contribution in [0.4, 0.5) is 4.39 Å². The van der Waals surface area contributed by atoms with Crippen molar-refractivity contribution >= 4 is 21.6 Å². The molecular formula is C12H16ClFN2O2S. The molecule has 2 atom stereocenters. The topological polar surface area (TPSA) is 49.4 Å². The summed E-state index contributed by atoms with van der Waals surface area (Å²) in [5.74, 6) is -0.423. The standard InChI is InChI=1S/C12H16ClFN2O2S/c1-8-6-16(2)7-11(8)15-19(17,18)12-5-9(14)3-4-10(12)13/h3-5,8,11,15H,6-7H2,1-2H3/t8-,11+/m0/s1. The van der Waals surface area contributed by atoms with Gasteiger partial charge in [-0.15, -0.1) is 0 Å². The third-order valence-electron chi connectivity index (χ3n) is 3.28. The van der Waals surface area contributed by atoms with Crippen LogP contribution in [0, 0.1) is 11.7 Å². The number of likely N-dealkylation sites (N-methyl/N-ethyl adjacent to an activating group) is 1. The van der Waals surface area contributed by atoms with Crippen molar-refractivity contribution in [1.82, 2.24) is 9.62 Å². The molecule has 0 radical (unpaired) electrons. The van der Waals surface area contributed by atoms with E-state index >= 15 is 0 Å². The van der Waals surface area contributed by atoms with Crippen molar-refractivity contribution in [2.24, 2.45) is 5.92 Å². The molecule has 1 aliphatic rings. The normalized spacial score (nSPS) is 24.8. The molecule has 1 fully saturated rings. The molecule has 1 aliphatic heterocycles. The van der Waals surface area contributed by atoms with E-state index in [0.29, 0.717) is 6.54 Å². The molecule has 7 heteroatoms. The van der Waals surface area contributed by atoms with Gasteiger partial charge in [-0.25, -0.2) is 17.5 Å². The van der Waals surface area contributed by atoms with Gasteiger partial charge >= 0.3 is 0 Å². The lowest BCUT2D eigenvalue weighted by Gasteiger charge is -2.17. The van der Waals surface area contributed by atoms with E-state index in [1.54, 1.807) is 0 Å². The lowest BCUT2D eigenvalue weighted by atomic mass is 10.1.